The van der Waals surface area contributed by atoms with Crippen LogP contribution in [0.5, 0.6) is 5.75 Å². The van der Waals surface area contributed by atoms with Gasteiger partial charge in [0.05, 0.1) is 19.3 Å². The van der Waals surface area contributed by atoms with Gasteiger partial charge in [-0.2, -0.15) is 5.10 Å². The van der Waals surface area contributed by atoms with E-state index >= 15 is 0 Å². The van der Waals surface area contributed by atoms with Gasteiger partial charge in [0.25, 0.3) is 0 Å². The van der Waals surface area contributed by atoms with Gasteiger partial charge in [0.1, 0.15) is 35.2 Å². The standard InChI is InChI=1S/C26H32FN5O5/c1-5-35-24(33)20-15-29-32-12-10-22(30-23(20)32)31(19-7-8-19)16-17-14-18(27)6-9-21(17)36-13-11-28-25(34)37-26(2,3)4/h6,9-10,12,14-15,19H,5,7-8,11,13,16H2,1-4H3,(H,28,34). The van der Waals surface area contributed by atoms with Crippen molar-refractivity contribution < 1.29 is 28.2 Å². The number of carbonyl (C=O) groups excluding carboxylic acids is 2. The molecule has 1 fully saturated rings. The van der Waals surface area contributed by atoms with Gasteiger partial charge in [-0.05, 0) is 64.8 Å². The van der Waals surface area contributed by atoms with Gasteiger partial charge in [-0.25, -0.2) is 23.5 Å². The van der Waals surface area contributed by atoms with Crippen molar-refractivity contribution in [3.8, 4) is 5.75 Å². The molecule has 1 aromatic carbocycles. The highest BCUT2D eigenvalue weighted by atomic mass is 19.1. The van der Waals surface area contributed by atoms with E-state index in [2.05, 4.69) is 15.3 Å². The van der Waals surface area contributed by atoms with Crippen LogP contribution in [0.15, 0.2) is 36.7 Å². The fraction of sp³-hybridized carbons (Fsp3) is 0.462. The van der Waals surface area contributed by atoms with Crippen molar-refractivity contribution in [3.05, 3.63) is 53.6 Å². The molecule has 0 bridgehead atoms. The number of rotatable bonds is 10. The van der Waals surface area contributed by atoms with Crippen molar-refractivity contribution in [2.75, 3.05) is 24.7 Å². The van der Waals surface area contributed by atoms with Crippen LogP contribution in [0.3, 0.4) is 0 Å². The molecule has 1 aliphatic rings. The molecule has 0 radical (unpaired) electrons. The highest BCUT2D eigenvalue weighted by Gasteiger charge is 2.31. The summed E-state index contributed by atoms with van der Waals surface area (Å²) >= 11 is 0. The van der Waals surface area contributed by atoms with Gasteiger partial charge in [-0.15, -0.1) is 0 Å². The number of anilines is 1. The number of carbonyl (C=O) groups is 2. The predicted octanol–water partition coefficient (Wildman–Crippen LogP) is 4.12. The second kappa shape index (κ2) is 11.0. The van der Waals surface area contributed by atoms with E-state index in [1.54, 1.807) is 40.0 Å². The Morgan fingerprint density at radius 3 is 2.73 bits per heavy atom. The largest absolute Gasteiger partial charge is 0.491 e. The number of esters is 1. The fourth-order valence-electron chi connectivity index (χ4n) is 3.78. The number of benzene rings is 1. The van der Waals surface area contributed by atoms with Crippen LogP contribution in [-0.2, 0) is 16.0 Å². The zero-order chi connectivity index (χ0) is 26.6. The van der Waals surface area contributed by atoms with Gasteiger partial charge < -0.3 is 24.4 Å². The van der Waals surface area contributed by atoms with Crippen LogP contribution in [0.2, 0.25) is 0 Å². The second-order valence-corrected chi connectivity index (χ2v) is 9.72. The van der Waals surface area contributed by atoms with Gasteiger partial charge in [0, 0.05) is 24.3 Å². The topological polar surface area (TPSA) is 107 Å². The van der Waals surface area contributed by atoms with E-state index in [1.807, 2.05) is 6.07 Å². The van der Waals surface area contributed by atoms with Crippen LogP contribution in [-0.4, -0.2) is 58.1 Å². The van der Waals surface area contributed by atoms with E-state index in [9.17, 15) is 14.0 Å². The predicted molar refractivity (Wildman–Crippen MR) is 134 cm³/mol. The molecule has 37 heavy (non-hydrogen) atoms. The average Bonchev–Trinajstić information content (AvgIpc) is 3.58. The summed E-state index contributed by atoms with van der Waals surface area (Å²) in [6, 6.07) is 6.40. The average molecular weight is 514 g/mol. The Kier molecular flexibility index (Phi) is 7.80. The van der Waals surface area contributed by atoms with Crippen LogP contribution < -0.4 is 15.0 Å². The molecule has 4 rings (SSSR count). The maximum atomic E-state index is 14.2. The van der Waals surface area contributed by atoms with E-state index in [0.29, 0.717) is 29.3 Å². The number of hydrogen-bond acceptors (Lipinski definition) is 8. The highest BCUT2D eigenvalue weighted by Crippen LogP contribution is 2.34. The molecular weight excluding hydrogens is 481 g/mol. The van der Waals surface area contributed by atoms with Gasteiger partial charge in [0.2, 0.25) is 0 Å². The molecule has 198 valence electrons. The number of hydrogen-bond donors (Lipinski definition) is 1. The van der Waals surface area contributed by atoms with Gasteiger partial charge >= 0.3 is 12.1 Å². The Bertz CT molecular complexity index is 1270. The van der Waals surface area contributed by atoms with Gasteiger partial charge in [0.15, 0.2) is 5.65 Å². The third-order valence-corrected chi connectivity index (χ3v) is 5.52. The number of nitrogens with zero attached hydrogens (tertiary/aromatic N) is 4. The maximum Gasteiger partial charge on any atom is 0.407 e. The lowest BCUT2D eigenvalue weighted by molar-refractivity contribution is 0.0513. The van der Waals surface area contributed by atoms with Crippen molar-refractivity contribution >= 4 is 23.5 Å². The molecule has 1 saturated carbocycles. The molecule has 10 nitrogen and oxygen atoms in total. The number of fused-ring (bicyclic) bond motifs is 1. The number of aromatic nitrogens is 3. The molecule has 2 aromatic heterocycles. The lowest BCUT2D eigenvalue weighted by Crippen LogP contribution is -2.34. The van der Waals surface area contributed by atoms with E-state index in [1.165, 1.54) is 22.8 Å². The van der Waals surface area contributed by atoms with Crippen molar-refractivity contribution in [1.82, 2.24) is 19.9 Å². The molecule has 0 atom stereocenters. The third-order valence-electron chi connectivity index (χ3n) is 5.52. The van der Waals surface area contributed by atoms with Crippen LogP contribution in [0.4, 0.5) is 15.0 Å². The number of ether oxygens (including phenoxy) is 3. The summed E-state index contributed by atoms with van der Waals surface area (Å²) in [5, 5.41) is 6.84. The molecular formula is C26H32FN5O5. The lowest BCUT2D eigenvalue weighted by atomic mass is 10.1. The molecule has 2 heterocycles. The SMILES string of the molecule is CCOC(=O)c1cnn2ccc(N(Cc3cc(F)ccc3OCCNC(=O)OC(C)(C)C)C3CC3)nc12. The molecule has 0 spiro atoms. The molecule has 11 heteroatoms. The minimum Gasteiger partial charge on any atom is -0.491 e. The normalized spacial score (nSPS) is 13.3. The summed E-state index contributed by atoms with van der Waals surface area (Å²) in [6.07, 6.45) is 4.60. The summed E-state index contributed by atoms with van der Waals surface area (Å²) in [7, 11) is 0. The minimum atomic E-state index is -0.591. The van der Waals surface area contributed by atoms with E-state index < -0.39 is 17.7 Å². The van der Waals surface area contributed by atoms with Crippen LogP contribution in [0, 0.1) is 5.82 Å². The first-order chi connectivity index (χ1) is 17.6. The monoisotopic (exact) mass is 513 g/mol. The van der Waals surface area contributed by atoms with E-state index in [4.69, 9.17) is 19.2 Å². The van der Waals surface area contributed by atoms with Crippen LogP contribution in [0.25, 0.3) is 5.65 Å². The Morgan fingerprint density at radius 2 is 2.03 bits per heavy atom. The minimum absolute atomic E-state index is 0.185. The first-order valence-corrected chi connectivity index (χ1v) is 12.3. The molecule has 1 amide bonds. The smallest absolute Gasteiger partial charge is 0.407 e. The summed E-state index contributed by atoms with van der Waals surface area (Å²) in [5.41, 5.74) is 0.731. The van der Waals surface area contributed by atoms with Crippen molar-refractivity contribution in [1.29, 1.82) is 0 Å². The Morgan fingerprint density at radius 1 is 1.24 bits per heavy atom. The number of halogens is 1. The summed E-state index contributed by atoms with van der Waals surface area (Å²) in [6.45, 7) is 8.12. The molecule has 0 aliphatic heterocycles. The highest BCUT2D eigenvalue weighted by molar-refractivity contribution is 5.95. The van der Waals surface area contributed by atoms with Crippen LogP contribution in [0.1, 0.15) is 56.5 Å². The Balaban J connectivity index is 1.50. The summed E-state index contributed by atoms with van der Waals surface area (Å²) < 4.78 is 32.0. The number of amides is 1. The summed E-state index contributed by atoms with van der Waals surface area (Å²) in [5.74, 6) is 0.285. The molecule has 0 unspecified atom stereocenters. The molecule has 1 aliphatic carbocycles. The Hall–Kier alpha value is -3.89. The first-order valence-electron chi connectivity index (χ1n) is 12.3. The summed E-state index contributed by atoms with van der Waals surface area (Å²) in [4.78, 5) is 31.0. The fourth-order valence-corrected chi connectivity index (χ4v) is 3.78. The molecule has 1 N–H and O–H groups in total. The third kappa shape index (κ3) is 6.87. The zero-order valence-electron chi connectivity index (χ0n) is 21.5. The maximum absolute atomic E-state index is 14.2. The zero-order valence-corrected chi connectivity index (χ0v) is 21.5. The van der Waals surface area contributed by atoms with Crippen molar-refractivity contribution in [2.45, 2.75) is 58.7 Å². The lowest BCUT2D eigenvalue weighted by Gasteiger charge is -2.25. The number of alkyl carbamates (subject to hydrolysis) is 1. The quantitative estimate of drug-likeness (QED) is 0.319. The van der Waals surface area contributed by atoms with Gasteiger partial charge in [-0.1, -0.05) is 0 Å². The second-order valence-electron chi connectivity index (χ2n) is 9.72. The first kappa shape index (κ1) is 26.2. The Labute approximate surface area is 214 Å². The van der Waals surface area contributed by atoms with Crippen molar-refractivity contribution in [3.63, 3.8) is 0 Å². The van der Waals surface area contributed by atoms with Gasteiger partial charge in [-0.3, -0.25) is 0 Å². The molecule has 0 saturated heterocycles. The molecule has 3 aromatic rings. The van der Waals surface area contributed by atoms with E-state index in [-0.39, 0.29) is 37.2 Å². The van der Waals surface area contributed by atoms with E-state index in [0.717, 1.165) is 12.8 Å². The number of nitrogens with one attached hydrogen (secondary N) is 1. The van der Waals surface area contributed by atoms with Crippen LogP contribution >= 0.6 is 0 Å². The van der Waals surface area contributed by atoms with Crippen molar-refractivity contribution in [2.24, 2.45) is 0 Å².